The van der Waals surface area contributed by atoms with Gasteiger partial charge in [0.25, 0.3) is 11.9 Å². The lowest BCUT2D eigenvalue weighted by molar-refractivity contribution is -0.141. The number of anilines is 4. The molecule has 10 nitrogen and oxygen atoms in total. The first-order chi connectivity index (χ1) is 23.6. The lowest BCUT2D eigenvalue weighted by atomic mass is 10.0. The maximum absolute atomic E-state index is 13.9. The normalized spacial score (nSPS) is 19.5. The zero-order chi connectivity index (χ0) is 34.4. The number of hydrogen-bond acceptors (Lipinski definition) is 8. The van der Waals surface area contributed by atoms with E-state index in [2.05, 4.69) is 36.1 Å². The topological polar surface area (TPSA) is 124 Å². The van der Waals surface area contributed by atoms with Crippen molar-refractivity contribution in [2.45, 2.75) is 63.3 Å². The molecular formula is C35H37F4N7O3. The molecule has 0 bridgehead atoms. The Morgan fingerprint density at radius 1 is 0.918 bits per heavy atom. The minimum absolute atomic E-state index is 0.118. The third kappa shape index (κ3) is 9.13. The molecule has 6 rings (SSSR count). The fourth-order valence-electron chi connectivity index (χ4n) is 6.37. The number of carbonyl (C=O) groups is 2. The number of halogens is 4. The summed E-state index contributed by atoms with van der Waals surface area (Å²) in [4.78, 5) is 35.3. The van der Waals surface area contributed by atoms with Crippen LogP contribution < -0.4 is 21.3 Å². The quantitative estimate of drug-likeness (QED) is 0.116. The van der Waals surface area contributed by atoms with E-state index in [1.165, 1.54) is 24.4 Å². The number of likely N-dealkylation sites (tertiary alicyclic amines) is 1. The molecule has 3 unspecified atom stereocenters. The van der Waals surface area contributed by atoms with Crippen LogP contribution in [0.25, 0.3) is 0 Å². The van der Waals surface area contributed by atoms with Crippen LogP contribution in [0.4, 0.5) is 40.8 Å². The van der Waals surface area contributed by atoms with Crippen molar-refractivity contribution < 1.29 is 31.6 Å². The van der Waals surface area contributed by atoms with Gasteiger partial charge in [-0.05, 0) is 67.9 Å². The molecule has 1 aliphatic heterocycles. The summed E-state index contributed by atoms with van der Waals surface area (Å²) in [5.74, 6) is -1.88. The second-order valence-electron chi connectivity index (χ2n) is 12.5. The van der Waals surface area contributed by atoms with Crippen molar-refractivity contribution in [3.63, 3.8) is 0 Å². The number of aromatic nitrogens is 2. The Bertz CT molecular complexity index is 1730. The molecule has 4 N–H and O–H groups in total. The number of hydrogen-bond donors (Lipinski definition) is 4. The smallest absolute Gasteiger partial charge is 0.418 e. The predicted molar refractivity (Wildman–Crippen MR) is 176 cm³/mol. The molecule has 0 radical (unpaired) electrons. The zero-order valence-electron chi connectivity index (χ0n) is 26.6. The van der Waals surface area contributed by atoms with Gasteiger partial charge in [-0.25, -0.2) is 9.37 Å². The molecule has 0 spiro atoms. The Kier molecular flexibility index (Phi) is 10.4. The number of nitrogens with zero attached hydrogens (tertiary/aromatic N) is 3. The molecule has 4 aromatic rings. The van der Waals surface area contributed by atoms with Crippen molar-refractivity contribution in [1.82, 2.24) is 14.9 Å². The average Bonchev–Trinajstić information content (AvgIpc) is 3.83. The van der Waals surface area contributed by atoms with Gasteiger partial charge in [0, 0.05) is 38.1 Å². The fourth-order valence-corrected chi connectivity index (χ4v) is 6.37. The summed E-state index contributed by atoms with van der Waals surface area (Å²) in [5.41, 5.74) is 0.0878. The summed E-state index contributed by atoms with van der Waals surface area (Å²) in [5, 5.41) is 11.3. The molecule has 1 saturated carbocycles. The van der Waals surface area contributed by atoms with Gasteiger partial charge in [0.15, 0.2) is 5.69 Å². The summed E-state index contributed by atoms with van der Waals surface area (Å²) in [6.45, 7) is 2.06. The number of benzene rings is 2. The van der Waals surface area contributed by atoms with Gasteiger partial charge in [0.05, 0.1) is 17.6 Å². The largest absolute Gasteiger partial charge is 0.437 e. The van der Waals surface area contributed by atoms with E-state index >= 15 is 0 Å². The van der Waals surface area contributed by atoms with Gasteiger partial charge in [-0.3, -0.25) is 14.5 Å². The van der Waals surface area contributed by atoms with Crippen LogP contribution in [-0.2, 0) is 17.5 Å². The number of oxazole rings is 1. The molecule has 1 saturated heterocycles. The van der Waals surface area contributed by atoms with E-state index < -0.39 is 29.4 Å². The van der Waals surface area contributed by atoms with Crippen LogP contribution in [-0.4, -0.2) is 51.9 Å². The molecule has 3 heterocycles. The standard InChI is InChI=1S/C35H37F4N7O3/c36-27-8-4-5-9-28(27)44-30(47)15-11-22-10-12-24(18-22)41-29-14-13-25(19-40-29)42-33(48)31-32(35(37,38)39)45-34(49-31)43-26-16-17-46(21-26)20-23-6-2-1-3-7-23/h1-9,13-14,19,22,24,26H,10-12,15-18,20-21H2,(H,40,41)(H,42,48)(H,43,45)(H,44,47). The first-order valence-electron chi connectivity index (χ1n) is 16.3. The van der Waals surface area contributed by atoms with Gasteiger partial charge in [-0.2, -0.15) is 18.2 Å². The molecule has 258 valence electrons. The second-order valence-corrected chi connectivity index (χ2v) is 12.5. The summed E-state index contributed by atoms with van der Waals surface area (Å²) >= 11 is 0. The van der Waals surface area contributed by atoms with Crippen LogP contribution >= 0.6 is 0 Å². The van der Waals surface area contributed by atoms with Crippen molar-refractivity contribution >= 4 is 35.0 Å². The van der Waals surface area contributed by atoms with Gasteiger partial charge < -0.3 is 25.7 Å². The Hall–Kier alpha value is -4.98. The second kappa shape index (κ2) is 15.1. The number of alkyl halides is 3. The molecule has 1 aliphatic carbocycles. The van der Waals surface area contributed by atoms with Crippen LogP contribution in [0.1, 0.15) is 60.3 Å². The zero-order valence-corrected chi connectivity index (χ0v) is 26.6. The van der Waals surface area contributed by atoms with Gasteiger partial charge in [-0.15, -0.1) is 0 Å². The highest BCUT2D eigenvalue weighted by Gasteiger charge is 2.42. The van der Waals surface area contributed by atoms with Crippen LogP contribution in [0.2, 0.25) is 0 Å². The van der Waals surface area contributed by atoms with Gasteiger partial charge in [0.1, 0.15) is 11.6 Å². The van der Waals surface area contributed by atoms with E-state index in [1.807, 2.05) is 30.3 Å². The Labute approximate surface area is 280 Å². The van der Waals surface area contributed by atoms with Crippen molar-refractivity contribution in [1.29, 1.82) is 0 Å². The fraction of sp³-hybridized carbons (Fsp3) is 0.371. The van der Waals surface area contributed by atoms with Crippen molar-refractivity contribution in [2.24, 2.45) is 5.92 Å². The molecule has 2 aromatic carbocycles. The minimum atomic E-state index is -4.90. The molecule has 2 aliphatic rings. The third-order valence-corrected chi connectivity index (χ3v) is 8.79. The van der Waals surface area contributed by atoms with E-state index in [9.17, 15) is 27.2 Å². The Morgan fingerprint density at radius 3 is 2.47 bits per heavy atom. The van der Waals surface area contributed by atoms with Crippen LogP contribution in [0.15, 0.2) is 77.3 Å². The molecule has 3 atom stereocenters. The first-order valence-corrected chi connectivity index (χ1v) is 16.3. The average molecular weight is 680 g/mol. The lowest BCUT2D eigenvalue weighted by Crippen LogP contribution is -2.26. The van der Waals surface area contributed by atoms with Gasteiger partial charge in [0.2, 0.25) is 11.7 Å². The number of rotatable bonds is 12. The summed E-state index contributed by atoms with van der Waals surface area (Å²) < 4.78 is 60.7. The number of para-hydroxylation sites is 1. The van der Waals surface area contributed by atoms with E-state index in [1.54, 1.807) is 18.2 Å². The van der Waals surface area contributed by atoms with Crippen molar-refractivity contribution in [3.05, 3.63) is 95.8 Å². The summed E-state index contributed by atoms with van der Waals surface area (Å²) in [6.07, 6.45) is 0.687. The maximum atomic E-state index is 13.9. The molecular weight excluding hydrogens is 642 g/mol. The lowest BCUT2D eigenvalue weighted by Gasteiger charge is -2.16. The minimum Gasteiger partial charge on any atom is -0.418 e. The third-order valence-electron chi connectivity index (χ3n) is 8.79. The highest BCUT2D eigenvalue weighted by Crippen LogP contribution is 2.35. The van der Waals surface area contributed by atoms with E-state index in [0.29, 0.717) is 31.1 Å². The molecule has 2 fully saturated rings. The van der Waals surface area contributed by atoms with Gasteiger partial charge in [-0.1, -0.05) is 42.5 Å². The SMILES string of the molecule is O=C(CCC1CCC(Nc2ccc(NC(=O)c3oc(NC4CCN(Cc5ccccc5)C4)nc3C(F)(F)F)cn2)C1)Nc1ccccc1F. The van der Waals surface area contributed by atoms with Crippen molar-refractivity contribution in [3.8, 4) is 0 Å². The summed E-state index contributed by atoms with van der Waals surface area (Å²) in [6, 6.07) is 18.7. The molecule has 49 heavy (non-hydrogen) atoms. The number of amides is 2. The Balaban J connectivity index is 0.982. The van der Waals surface area contributed by atoms with Crippen LogP contribution in [0.5, 0.6) is 0 Å². The summed E-state index contributed by atoms with van der Waals surface area (Å²) in [7, 11) is 0. The Morgan fingerprint density at radius 2 is 1.71 bits per heavy atom. The van der Waals surface area contributed by atoms with Crippen LogP contribution in [0, 0.1) is 11.7 Å². The number of pyridine rings is 1. The molecule has 2 amide bonds. The van der Waals surface area contributed by atoms with E-state index in [-0.39, 0.29) is 41.8 Å². The first kappa shape index (κ1) is 33.9. The van der Waals surface area contributed by atoms with Gasteiger partial charge >= 0.3 is 6.18 Å². The van der Waals surface area contributed by atoms with Crippen molar-refractivity contribution in [2.75, 3.05) is 34.4 Å². The highest BCUT2D eigenvalue weighted by atomic mass is 19.4. The predicted octanol–water partition coefficient (Wildman–Crippen LogP) is 7.17. The monoisotopic (exact) mass is 679 g/mol. The molecule has 2 aromatic heterocycles. The van der Waals surface area contributed by atoms with E-state index in [0.717, 1.165) is 37.9 Å². The number of nitrogens with one attached hydrogen (secondary N) is 4. The maximum Gasteiger partial charge on any atom is 0.437 e. The highest BCUT2D eigenvalue weighted by molar-refractivity contribution is 6.03. The van der Waals surface area contributed by atoms with E-state index in [4.69, 9.17) is 4.42 Å². The molecule has 14 heteroatoms. The number of carbonyl (C=O) groups excluding carboxylic acids is 2. The van der Waals surface area contributed by atoms with Crippen LogP contribution in [0.3, 0.4) is 0 Å².